The molecule has 0 saturated carbocycles. The van der Waals surface area contributed by atoms with Crippen molar-refractivity contribution in [3.05, 3.63) is 46.8 Å². The number of methoxy groups -OCH3 is 1. The van der Waals surface area contributed by atoms with E-state index in [1.165, 1.54) is 0 Å². The lowest BCUT2D eigenvalue weighted by atomic mass is 10.1. The Morgan fingerprint density at radius 1 is 1.35 bits per heavy atom. The van der Waals surface area contributed by atoms with E-state index < -0.39 is 0 Å². The van der Waals surface area contributed by atoms with Gasteiger partial charge in [-0.05, 0) is 41.1 Å². The van der Waals surface area contributed by atoms with Gasteiger partial charge in [-0.1, -0.05) is 0 Å². The Balaban J connectivity index is 2.18. The summed E-state index contributed by atoms with van der Waals surface area (Å²) in [7, 11) is 1.66. The van der Waals surface area contributed by atoms with Crippen LogP contribution in [0.15, 0.2) is 45.7 Å². The van der Waals surface area contributed by atoms with Crippen LogP contribution in [0.4, 0.5) is 5.69 Å². The van der Waals surface area contributed by atoms with Crippen molar-refractivity contribution < 1.29 is 9.15 Å². The number of halogens is 1. The van der Waals surface area contributed by atoms with Gasteiger partial charge in [0.1, 0.15) is 5.75 Å². The Kier molecular flexibility index (Phi) is 3.74. The third-order valence-electron chi connectivity index (χ3n) is 2.59. The summed E-state index contributed by atoms with van der Waals surface area (Å²) in [6.07, 6.45) is 3.42. The Morgan fingerprint density at radius 2 is 2.18 bits per heavy atom. The van der Waals surface area contributed by atoms with E-state index in [-0.39, 0.29) is 6.04 Å². The van der Waals surface area contributed by atoms with E-state index in [0.29, 0.717) is 0 Å². The highest BCUT2D eigenvalue weighted by molar-refractivity contribution is 9.10. The summed E-state index contributed by atoms with van der Waals surface area (Å²) >= 11 is 3.51. The maximum Gasteiger partial charge on any atom is 0.121 e. The zero-order chi connectivity index (χ0) is 12.3. The fourth-order valence-corrected chi connectivity index (χ4v) is 1.94. The van der Waals surface area contributed by atoms with Crippen LogP contribution in [-0.4, -0.2) is 7.11 Å². The van der Waals surface area contributed by atoms with Crippen LogP contribution < -0.4 is 10.1 Å². The van der Waals surface area contributed by atoms with Gasteiger partial charge in [-0.15, -0.1) is 0 Å². The van der Waals surface area contributed by atoms with Crippen LogP contribution in [-0.2, 0) is 0 Å². The summed E-state index contributed by atoms with van der Waals surface area (Å²) in [4.78, 5) is 0. The topological polar surface area (TPSA) is 34.4 Å². The van der Waals surface area contributed by atoms with E-state index in [1.807, 2.05) is 24.3 Å². The van der Waals surface area contributed by atoms with Crippen LogP contribution in [0.25, 0.3) is 0 Å². The Hall–Kier alpha value is -1.42. The first kappa shape index (κ1) is 12.0. The van der Waals surface area contributed by atoms with Crippen molar-refractivity contribution in [3.8, 4) is 5.75 Å². The maximum absolute atomic E-state index is 5.20. The number of nitrogens with one attached hydrogen (secondary N) is 1. The van der Waals surface area contributed by atoms with Gasteiger partial charge in [-0.3, -0.25) is 0 Å². The van der Waals surface area contributed by atoms with E-state index in [9.17, 15) is 0 Å². The molecule has 0 bridgehead atoms. The number of furan rings is 1. The molecule has 1 unspecified atom stereocenters. The summed E-state index contributed by atoms with van der Waals surface area (Å²) in [5, 5.41) is 3.40. The van der Waals surface area contributed by atoms with Crippen molar-refractivity contribution >= 4 is 21.6 Å². The monoisotopic (exact) mass is 295 g/mol. The third-order valence-corrected chi connectivity index (χ3v) is 3.28. The molecular weight excluding hydrogens is 282 g/mol. The van der Waals surface area contributed by atoms with Gasteiger partial charge in [-0.2, -0.15) is 0 Å². The molecular formula is C13H14BrNO2. The highest BCUT2D eigenvalue weighted by Crippen LogP contribution is 2.30. The SMILES string of the molecule is COc1ccc(Br)c(NC(C)c2ccoc2)c1. The zero-order valence-electron chi connectivity index (χ0n) is 9.74. The normalized spacial score (nSPS) is 12.2. The summed E-state index contributed by atoms with van der Waals surface area (Å²) < 4.78 is 11.3. The van der Waals surface area contributed by atoms with E-state index in [2.05, 4.69) is 28.2 Å². The third kappa shape index (κ3) is 2.82. The van der Waals surface area contributed by atoms with Crippen molar-refractivity contribution in [1.82, 2.24) is 0 Å². The average Bonchev–Trinajstić information content (AvgIpc) is 2.85. The molecule has 3 nitrogen and oxygen atoms in total. The van der Waals surface area contributed by atoms with Gasteiger partial charge in [0.05, 0.1) is 31.4 Å². The first-order valence-electron chi connectivity index (χ1n) is 5.33. The van der Waals surface area contributed by atoms with Crippen molar-refractivity contribution in [1.29, 1.82) is 0 Å². The van der Waals surface area contributed by atoms with Gasteiger partial charge in [0.25, 0.3) is 0 Å². The molecule has 0 fully saturated rings. The summed E-state index contributed by atoms with van der Waals surface area (Å²) in [5.74, 6) is 0.829. The van der Waals surface area contributed by atoms with Gasteiger partial charge in [0.15, 0.2) is 0 Å². The fraction of sp³-hybridized carbons (Fsp3) is 0.231. The molecule has 17 heavy (non-hydrogen) atoms. The molecule has 0 amide bonds. The Bertz CT molecular complexity index is 482. The lowest BCUT2D eigenvalue weighted by Crippen LogP contribution is -2.06. The predicted octanol–water partition coefficient (Wildman–Crippen LogP) is 4.22. The number of ether oxygens (including phenoxy) is 1. The molecule has 0 radical (unpaired) electrons. The van der Waals surface area contributed by atoms with E-state index in [4.69, 9.17) is 9.15 Å². The van der Waals surface area contributed by atoms with Crippen molar-refractivity contribution in [2.75, 3.05) is 12.4 Å². The van der Waals surface area contributed by atoms with Gasteiger partial charge in [-0.25, -0.2) is 0 Å². The second-order valence-corrected chi connectivity index (χ2v) is 4.62. The van der Waals surface area contributed by atoms with Crippen LogP contribution in [0.2, 0.25) is 0 Å². The van der Waals surface area contributed by atoms with E-state index in [1.54, 1.807) is 19.6 Å². The molecule has 1 heterocycles. The predicted molar refractivity (Wildman–Crippen MR) is 71.4 cm³/mol. The largest absolute Gasteiger partial charge is 0.497 e. The molecule has 4 heteroatoms. The second-order valence-electron chi connectivity index (χ2n) is 3.77. The molecule has 1 aromatic carbocycles. The quantitative estimate of drug-likeness (QED) is 0.917. The molecule has 0 aliphatic rings. The van der Waals surface area contributed by atoms with Crippen LogP contribution in [0.3, 0.4) is 0 Å². The average molecular weight is 296 g/mol. The smallest absolute Gasteiger partial charge is 0.121 e. The van der Waals surface area contributed by atoms with E-state index >= 15 is 0 Å². The standard InChI is InChI=1S/C13H14BrNO2/c1-9(10-5-6-17-8-10)15-13-7-11(16-2)3-4-12(13)14/h3-9,15H,1-2H3. The number of hydrogen-bond donors (Lipinski definition) is 1. The Labute approximate surface area is 109 Å². The summed E-state index contributed by atoms with van der Waals surface area (Å²) in [6.45, 7) is 2.08. The minimum absolute atomic E-state index is 0.178. The van der Waals surface area contributed by atoms with Gasteiger partial charge in [0, 0.05) is 16.1 Å². The number of hydrogen-bond acceptors (Lipinski definition) is 3. The molecule has 0 spiro atoms. The molecule has 1 aromatic heterocycles. The zero-order valence-corrected chi connectivity index (χ0v) is 11.3. The van der Waals surface area contributed by atoms with Crippen molar-refractivity contribution in [2.24, 2.45) is 0 Å². The molecule has 2 rings (SSSR count). The van der Waals surface area contributed by atoms with Crippen molar-refractivity contribution in [3.63, 3.8) is 0 Å². The van der Waals surface area contributed by atoms with Crippen LogP contribution in [0.5, 0.6) is 5.75 Å². The van der Waals surface area contributed by atoms with Crippen LogP contribution in [0.1, 0.15) is 18.5 Å². The lowest BCUT2D eigenvalue weighted by molar-refractivity contribution is 0.415. The van der Waals surface area contributed by atoms with Crippen LogP contribution in [0, 0.1) is 0 Å². The highest BCUT2D eigenvalue weighted by Gasteiger charge is 2.09. The minimum Gasteiger partial charge on any atom is -0.497 e. The number of anilines is 1. The van der Waals surface area contributed by atoms with Gasteiger partial charge < -0.3 is 14.5 Å². The first-order valence-corrected chi connectivity index (χ1v) is 6.12. The second kappa shape index (κ2) is 5.27. The highest BCUT2D eigenvalue weighted by atomic mass is 79.9. The fourth-order valence-electron chi connectivity index (χ4n) is 1.58. The first-order chi connectivity index (χ1) is 8.20. The summed E-state index contributed by atoms with van der Waals surface area (Å²) in [5.41, 5.74) is 2.11. The van der Waals surface area contributed by atoms with Crippen LogP contribution >= 0.6 is 15.9 Å². The number of benzene rings is 1. The molecule has 2 aromatic rings. The molecule has 0 saturated heterocycles. The molecule has 0 aliphatic heterocycles. The number of rotatable bonds is 4. The molecule has 1 atom stereocenters. The minimum atomic E-state index is 0.178. The molecule has 1 N–H and O–H groups in total. The molecule has 90 valence electrons. The maximum atomic E-state index is 5.20. The Morgan fingerprint density at radius 3 is 2.82 bits per heavy atom. The van der Waals surface area contributed by atoms with Crippen molar-refractivity contribution in [2.45, 2.75) is 13.0 Å². The van der Waals surface area contributed by atoms with Gasteiger partial charge in [0.2, 0.25) is 0 Å². The lowest BCUT2D eigenvalue weighted by Gasteiger charge is -2.15. The van der Waals surface area contributed by atoms with Gasteiger partial charge >= 0.3 is 0 Å². The summed E-state index contributed by atoms with van der Waals surface area (Å²) in [6, 6.07) is 7.96. The molecule has 0 aliphatic carbocycles. The van der Waals surface area contributed by atoms with E-state index in [0.717, 1.165) is 21.5 Å².